The molecular weight excluding hydrogens is 455 g/mol. The first-order valence-corrected chi connectivity index (χ1v) is 8.20. The molecule has 0 unspecified atom stereocenters. The molecule has 0 fully saturated rings. The molecule has 2 rings (SSSR count). The summed E-state index contributed by atoms with van der Waals surface area (Å²) in [6, 6.07) is 6.67. The molecule has 162 valence electrons. The summed E-state index contributed by atoms with van der Waals surface area (Å²) in [5.74, 6) is -1.87. The minimum Gasteiger partial charge on any atom is -0.872 e. The predicted molar refractivity (Wildman–Crippen MR) is 101 cm³/mol. The molecule has 0 saturated heterocycles. The maximum absolute atomic E-state index is 11.6. The van der Waals surface area contributed by atoms with Gasteiger partial charge in [-0.25, -0.2) is 0 Å². The van der Waals surface area contributed by atoms with Gasteiger partial charge in [0.2, 0.25) is 0 Å². The van der Waals surface area contributed by atoms with E-state index in [9.17, 15) is 30.4 Å². The van der Waals surface area contributed by atoms with Crippen LogP contribution in [0.2, 0.25) is 0 Å². The van der Waals surface area contributed by atoms with E-state index in [1.54, 1.807) is 0 Å². The standard InChI is InChI=1S/C16H14N4O6.C2H4O2.Mn/c21-15-3-1-13(19(23)24)7-11(15)9-17-5-6-18-10-12-8-14(20(25)26)2-4-16(12)22;1-2(3)4;/h1-4,7-10,21-22H,5-6H2;1H3,(H,3,4);/q;;+3/p-3. The Labute approximate surface area is 186 Å². The molecule has 12 nitrogen and oxygen atoms in total. The number of nitrogens with zero attached hydrogens (tertiary/aromatic N) is 4. The molecule has 0 aliphatic heterocycles. The molecular formula is C18H15MnN4O8. The maximum atomic E-state index is 11.6. The van der Waals surface area contributed by atoms with Gasteiger partial charge in [0, 0.05) is 42.7 Å². The SMILES string of the molecule is CC(=O)[O-].O=[N+]([O-])c1ccc([O-])c(C=NCCN=Cc2cc([N+](=O)[O-])ccc2[O-])c1.[Mn+3]. The van der Waals surface area contributed by atoms with Crippen molar-refractivity contribution in [3.8, 4) is 11.5 Å². The number of nitro groups is 2. The number of hydrogen-bond donors (Lipinski definition) is 0. The fourth-order valence-electron chi connectivity index (χ4n) is 1.94. The molecule has 31 heavy (non-hydrogen) atoms. The van der Waals surface area contributed by atoms with E-state index >= 15 is 0 Å². The third-order valence-electron chi connectivity index (χ3n) is 3.23. The molecule has 0 heterocycles. The van der Waals surface area contributed by atoms with Crippen molar-refractivity contribution in [1.29, 1.82) is 0 Å². The average Bonchev–Trinajstić information content (AvgIpc) is 2.66. The predicted octanol–water partition coefficient (Wildman–Crippen LogP) is -0.0581. The minimum absolute atomic E-state index is 0. The van der Waals surface area contributed by atoms with Crippen molar-refractivity contribution in [2.75, 3.05) is 13.1 Å². The Morgan fingerprint density at radius 2 is 1.19 bits per heavy atom. The molecule has 0 bridgehead atoms. The van der Waals surface area contributed by atoms with E-state index in [1.165, 1.54) is 12.4 Å². The van der Waals surface area contributed by atoms with Gasteiger partial charge in [-0.15, -0.1) is 0 Å². The number of benzene rings is 2. The van der Waals surface area contributed by atoms with Crippen LogP contribution in [0.4, 0.5) is 11.4 Å². The van der Waals surface area contributed by atoms with E-state index in [1.807, 2.05) is 0 Å². The number of carbonyl (C=O) groups is 1. The molecule has 0 saturated carbocycles. The number of carboxylic acid groups (broad SMARTS) is 1. The third kappa shape index (κ3) is 9.96. The van der Waals surface area contributed by atoms with Crippen molar-refractivity contribution in [1.82, 2.24) is 0 Å². The smallest absolute Gasteiger partial charge is 0.872 e. The number of nitro benzene ring substituents is 2. The summed E-state index contributed by atoms with van der Waals surface area (Å²) in [7, 11) is 0. The Kier molecular flexibility index (Phi) is 11.7. The largest absolute Gasteiger partial charge is 3.00 e. The molecule has 2 aromatic rings. The summed E-state index contributed by atoms with van der Waals surface area (Å²) in [5, 5.41) is 53.4. The van der Waals surface area contributed by atoms with Crippen LogP contribution in [0.1, 0.15) is 18.1 Å². The normalized spacial score (nSPS) is 10.2. The van der Waals surface area contributed by atoms with E-state index in [0.717, 1.165) is 43.3 Å². The zero-order valence-electron chi connectivity index (χ0n) is 16.0. The van der Waals surface area contributed by atoms with Crippen LogP contribution in [0.15, 0.2) is 46.4 Å². The molecule has 2 aromatic carbocycles. The Balaban J connectivity index is 0.00000165. The molecule has 0 aliphatic rings. The quantitative estimate of drug-likeness (QED) is 0.176. The molecule has 0 aromatic heterocycles. The maximum Gasteiger partial charge on any atom is 3.00 e. The number of hydrogen-bond acceptors (Lipinski definition) is 10. The van der Waals surface area contributed by atoms with Gasteiger partial charge in [0.05, 0.1) is 22.9 Å². The molecule has 13 heteroatoms. The first-order valence-electron chi connectivity index (χ1n) is 8.20. The van der Waals surface area contributed by atoms with Crippen LogP contribution in [0, 0.1) is 20.2 Å². The van der Waals surface area contributed by atoms with E-state index < -0.39 is 27.3 Å². The Morgan fingerprint density at radius 1 is 0.871 bits per heavy atom. The van der Waals surface area contributed by atoms with Crippen LogP contribution in [-0.2, 0) is 21.9 Å². The summed E-state index contributed by atoms with van der Waals surface area (Å²) in [5.41, 5.74) is -0.247. The first-order chi connectivity index (χ1) is 14.1. The second-order valence-electron chi connectivity index (χ2n) is 5.52. The van der Waals surface area contributed by atoms with Gasteiger partial charge in [-0.1, -0.05) is 23.6 Å². The Morgan fingerprint density at radius 3 is 1.48 bits per heavy atom. The number of rotatable bonds is 7. The van der Waals surface area contributed by atoms with Crippen molar-refractivity contribution in [3.05, 3.63) is 67.8 Å². The van der Waals surface area contributed by atoms with Gasteiger partial charge in [-0.05, 0) is 18.1 Å². The number of carbonyl (C=O) groups excluding carboxylic acids is 1. The van der Waals surface area contributed by atoms with Crippen molar-refractivity contribution >= 4 is 29.8 Å². The summed E-state index contributed by atoms with van der Waals surface area (Å²) in [6.45, 7) is 1.31. The molecule has 0 amide bonds. The first kappa shape index (κ1) is 27.2. The van der Waals surface area contributed by atoms with Gasteiger partial charge < -0.3 is 20.1 Å². The molecule has 0 N–H and O–H groups in total. The van der Waals surface area contributed by atoms with Crippen LogP contribution >= 0.6 is 0 Å². The fraction of sp³-hybridized carbons (Fsp3) is 0.167. The second kappa shape index (κ2) is 13.4. The summed E-state index contributed by atoms with van der Waals surface area (Å²) in [6.07, 6.45) is 2.44. The Bertz CT molecular complexity index is 917. The minimum atomic E-state index is -1.08. The van der Waals surface area contributed by atoms with E-state index in [2.05, 4.69) is 9.98 Å². The summed E-state index contributed by atoms with van der Waals surface area (Å²) < 4.78 is 0. The van der Waals surface area contributed by atoms with Crippen molar-refractivity contribution in [2.45, 2.75) is 6.92 Å². The molecule has 0 atom stereocenters. The van der Waals surface area contributed by atoms with E-state index in [-0.39, 0.29) is 52.7 Å². The fourth-order valence-corrected chi connectivity index (χ4v) is 1.94. The van der Waals surface area contributed by atoms with E-state index in [0.29, 0.717) is 0 Å². The van der Waals surface area contributed by atoms with Crippen LogP contribution in [0.5, 0.6) is 11.5 Å². The molecule has 0 radical (unpaired) electrons. The van der Waals surface area contributed by atoms with Crippen molar-refractivity contribution < 1.29 is 47.0 Å². The number of aliphatic imine (C=N–C) groups is 2. The van der Waals surface area contributed by atoms with Crippen LogP contribution in [0.25, 0.3) is 0 Å². The zero-order valence-corrected chi connectivity index (χ0v) is 17.1. The van der Waals surface area contributed by atoms with Crippen molar-refractivity contribution in [3.63, 3.8) is 0 Å². The van der Waals surface area contributed by atoms with Crippen LogP contribution in [0.3, 0.4) is 0 Å². The monoisotopic (exact) mass is 470 g/mol. The van der Waals surface area contributed by atoms with Gasteiger partial charge in [-0.3, -0.25) is 30.2 Å². The number of aliphatic carboxylic acids is 1. The average molecular weight is 470 g/mol. The van der Waals surface area contributed by atoms with Crippen LogP contribution in [-0.4, -0.2) is 41.3 Å². The number of non-ortho nitro benzene ring substituents is 2. The van der Waals surface area contributed by atoms with Gasteiger partial charge in [0.1, 0.15) is 0 Å². The summed E-state index contributed by atoms with van der Waals surface area (Å²) in [4.78, 5) is 36.9. The van der Waals surface area contributed by atoms with E-state index in [4.69, 9.17) is 9.90 Å². The number of carboxylic acids is 1. The van der Waals surface area contributed by atoms with Gasteiger partial charge >= 0.3 is 17.1 Å². The van der Waals surface area contributed by atoms with Crippen LogP contribution < -0.4 is 15.3 Å². The summed E-state index contributed by atoms with van der Waals surface area (Å²) >= 11 is 0. The molecule has 0 spiro atoms. The second-order valence-corrected chi connectivity index (χ2v) is 5.52. The zero-order chi connectivity index (χ0) is 22.7. The van der Waals surface area contributed by atoms with Crippen molar-refractivity contribution in [2.24, 2.45) is 9.98 Å². The third-order valence-corrected chi connectivity index (χ3v) is 3.23. The van der Waals surface area contributed by atoms with Gasteiger partial charge in [-0.2, -0.15) is 0 Å². The topological polar surface area (TPSA) is 197 Å². The van der Waals surface area contributed by atoms with Gasteiger partial charge in [0.15, 0.2) is 0 Å². The Hall–Kier alpha value is -3.83. The van der Waals surface area contributed by atoms with Gasteiger partial charge in [0.25, 0.3) is 11.4 Å². The molecule has 0 aliphatic carbocycles.